The molecule has 1 aliphatic rings. The number of methoxy groups -OCH3 is 1. The zero-order chi connectivity index (χ0) is 17.1. The van der Waals surface area contributed by atoms with Crippen molar-refractivity contribution in [3.8, 4) is 0 Å². The topological polar surface area (TPSA) is 92.7 Å². The first-order valence-corrected chi connectivity index (χ1v) is 8.57. The summed E-state index contributed by atoms with van der Waals surface area (Å²) >= 11 is 0. The van der Waals surface area contributed by atoms with E-state index in [9.17, 15) is 14.4 Å². The van der Waals surface area contributed by atoms with Crippen LogP contribution in [-0.2, 0) is 19.1 Å². The number of carboxylic acids is 1. The van der Waals surface area contributed by atoms with Gasteiger partial charge in [0.05, 0.1) is 12.0 Å². The smallest absolute Gasteiger partial charge is 0.303 e. The van der Waals surface area contributed by atoms with Crippen LogP contribution in [-0.4, -0.2) is 43.0 Å². The van der Waals surface area contributed by atoms with Crippen LogP contribution < -0.4 is 5.32 Å². The zero-order valence-electron chi connectivity index (χ0n) is 14.0. The number of aliphatic carboxylic acids is 1. The molecule has 1 fully saturated rings. The van der Waals surface area contributed by atoms with Crippen LogP contribution in [0.5, 0.6) is 0 Å². The molecular weight excluding hydrogens is 298 g/mol. The highest BCUT2D eigenvalue weighted by atomic mass is 16.5. The van der Waals surface area contributed by atoms with Gasteiger partial charge in [0, 0.05) is 26.0 Å². The molecule has 1 rings (SSSR count). The minimum Gasteiger partial charge on any atom is -0.481 e. The van der Waals surface area contributed by atoms with Crippen molar-refractivity contribution in [1.82, 2.24) is 5.32 Å². The standard InChI is InChI=1S/C17H29NO5/c1-23-15-9-7-8-13(14(15)12-19)17(22)18-11-6-4-2-3-5-10-16(20)21/h12-15H,2-11H2,1H3,(H,18,22)(H,20,21). The van der Waals surface area contributed by atoms with E-state index in [0.717, 1.165) is 51.2 Å². The number of carboxylic acid groups (broad SMARTS) is 1. The van der Waals surface area contributed by atoms with Crippen LogP contribution in [0.3, 0.4) is 0 Å². The van der Waals surface area contributed by atoms with Gasteiger partial charge >= 0.3 is 5.97 Å². The molecule has 3 unspecified atom stereocenters. The fraction of sp³-hybridized carbons (Fsp3) is 0.824. The fourth-order valence-corrected chi connectivity index (χ4v) is 3.22. The third kappa shape index (κ3) is 7.12. The Hall–Kier alpha value is -1.43. The second-order valence-electron chi connectivity index (χ2n) is 6.23. The number of carbonyl (C=O) groups excluding carboxylic acids is 2. The lowest BCUT2D eigenvalue weighted by Gasteiger charge is -2.33. The van der Waals surface area contributed by atoms with Gasteiger partial charge in [-0.05, 0) is 25.7 Å². The predicted molar refractivity (Wildman–Crippen MR) is 86.0 cm³/mol. The molecule has 132 valence electrons. The molecule has 3 atom stereocenters. The summed E-state index contributed by atoms with van der Waals surface area (Å²) in [4.78, 5) is 33.9. The van der Waals surface area contributed by atoms with Gasteiger partial charge < -0.3 is 20.0 Å². The number of ether oxygens (including phenoxy) is 1. The molecule has 0 spiro atoms. The molecule has 0 aromatic carbocycles. The summed E-state index contributed by atoms with van der Waals surface area (Å²) in [6.07, 6.45) is 7.88. The third-order valence-electron chi connectivity index (χ3n) is 4.56. The van der Waals surface area contributed by atoms with Gasteiger partial charge in [0.1, 0.15) is 6.29 Å². The van der Waals surface area contributed by atoms with E-state index in [2.05, 4.69) is 5.32 Å². The van der Waals surface area contributed by atoms with Crippen molar-refractivity contribution < 1.29 is 24.2 Å². The Balaban J connectivity index is 2.17. The predicted octanol–water partition coefficient (Wildman–Crippen LogP) is 2.16. The Kier molecular flexibility index (Phi) is 9.52. The first-order chi connectivity index (χ1) is 11.1. The molecule has 6 nitrogen and oxygen atoms in total. The van der Waals surface area contributed by atoms with Crippen molar-refractivity contribution in [3.05, 3.63) is 0 Å². The van der Waals surface area contributed by atoms with Crippen LogP contribution in [0.25, 0.3) is 0 Å². The van der Waals surface area contributed by atoms with E-state index in [1.54, 1.807) is 7.11 Å². The van der Waals surface area contributed by atoms with Gasteiger partial charge in [-0.2, -0.15) is 0 Å². The van der Waals surface area contributed by atoms with Crippen molar-refractivity contribution in [2.24, 2.45) is 11.8 Å². The molecule has 1 aliphatic carbocycles. The van der Waals surface area contributed by atoms with Crippen LogP contribution >= 0.6 is 0 Å². The summed E-state index contributed by atoms with van der Waals surface area (Å²) in [5, 5.41) is 11.5. The maximum atomic E-state index is 12.2. The highest BCUT2D eigenvalue weighted by Crippen LogP contribution is 2.30. The van der Waals surface area contributed by atoms with Crippen molar-refractivity contribution in [2.45, 2.75) is 63.9 Å². The van der Waals surface area contributed by atoms with Crippen LogP contribution in [0.4, 0.5) is 0 Å². The molecule has 0 radical (unpaired) electrons. The summed E-state index contributed by atoms with van der Waals surface area (Å²) in [7, 11) is 1.59. The van der Waals surface area contributed by atoms with E-state index in [-0.39, 0.29) is 30.3 Å². The van der Waals surface area contributed by atoms with E-state index in [4.69, 9.17) is 9.84 Å². The number of unbranched alkanes of at least 4 members (excludes halogenated alkanes) is 4. The van der Waals surface area contributed by atoms with E-state index in [0.29, 0.717) is 13.0 Å². The molecule has 1 saturated carbocycles. The quantitative estimate of drug-likeness (QED) is 0.448. The third-order valence-corrected chi connectivity index (χ3v) is 4.56. The van der Waals surface area contributed by atoms with E-state index < -0.39 is 5.97 Å². The summed E-state index contributed by atoms with van der Waals surface area (Å²) in [5.41, 5.74) is 0. The van der Waals surface area contributed by atoms with E-state index >= 15 is 0 Å². The number of hydrogen-bond donors (Lipinski definition) is 2. The largest absolute Gasteiger partial charge is 0.481 e. The lowest BCUT2D eigenvalue weighted by atomic mass is 9.77. The van der Waals surface area contributed by atoms with Crippen LogP contribution in [0.1, 0.15) is 57.8 Å². The SMILES string of the molecule is COC1CCCC(C(=O)NCCCCCCCC(=O)O)C1C=O. The highest BCUT2D eigenvalue weighted by molar-refractivity contribution is 5.82. The lowest BCUT2D eigenvalue weighted by Crippen LogP contribution is -2.43. The monoisotopic (exact) mass is 327 g/mol. The second-order valence-corrected chi connectivity index (χ2v) is 6.23. The van der Waals surface area contributed by atoms with Gasteiger partial charge in [0.2, 0.25) is 5.91 Å². The highest BCUT2D eigenvalue weighted by Gasteiger charge is 2.37. The number of aldehydes is 1. The first-order valence-electron chi connectivity index (χ1n) is 8.57. The molecule has 2 N–H and O–H groups in total. The minimum atomic E-state index is -0.746. The van der Waals surface area contributed by atoms with Gasteiger partial charge in [0.15, 0.2) is 0 Å². The zero-order valence-corrected chi connectivity index (χ0v) is 14.0. The molecule has 6 heteroatoms. The van der Waals surface area contributed by atoms with Gasteiger partial charge in [0.25, 0.3) is 0 Å². The summed E-state index contributed by atoms with van der Waals surface area (Å²) in [6.45, 7) is 0.609. The molecule has 0 aromatic rings. The molecule has 0 heterocycles. The first kappa shape index (κ1) is 19.6. The number of rotatable bonds is 11. The van der Waals surface area contributed by atoms with Crippen molar-refractivity contribution in [1.29, 1.82) is 0 Å². The molecule has 0 aliphatic heterocycles. The molecule has 1 amide bonds. The lowest BCUT2D eigenvalue weighted by molar-refractivity contribution is -0.137. The van der Waals surface area contributed by atoms with Gasteiger partial charge in [-0.3, -0.25) is 9.59 Å². The molecular formula is C17H29NO5. The summed E-state index contributed by atoms with van der Waals surface area (Å²) in [6, 6.07) is 0. The van der Waals surface area contributed by atoms with Gasteiger partial charge in [-0.15, -0.1) is 0 Å². The number of amides is 1. The maximum absolute atomic E-state index is 12.2. The van der Waals surface area contributed by atoms with E-state index in [1.807, 2.05) is 0 Å². The number of nitrogens with one attached hydrogen (secondary N) is 1. The molecule has 0 bridgehead atoms. The Bertz CT molecular complexity index is 385. The summed E-state index contributed by atoms with van der Waals surface area (Å²) in [5.74, 6) is -1.41. The Morgan fingerprint density at radius 1 is 1.17 bits per heavy atom. The Labute approximate surface area is 138 Å². The van der Waals surface area contributed by atoms with Crippen molar-refractivity contribution in [2.75, 3.05) is 13.7 Å². The van der Waals surface area contributed by atoms with Crippen molar-refractivity contribution in [3.63, 3.8) is 0 Å². The fourth-order valence-electron chi connectivity index (χ4n) is 3.22. The van der Waals surface area contributed by atoms with Crippen LogP contribution in [0, 0.1) is 11.8 Å². The average molecular weight is 327 g/mol. The molecule has 23 heavy (non-hydrogen) atoms. The average Bonchev–Trinajstić information content (AvgIpc) is 2.55. The second kappa shape index (κ2) is 11.2. The number of hydrogen-bond acceptors (Lipinski definition) is 4. The summed E-state index contributed by atoms with van der Waals surface area (Å²) < 4.78 is 5.32. The van der Waals surface area contributed by atoms with E-state index in [1.165, 1.54) is 0 Å². The van der Waals surface area contributed by atoms with Crippen LogP contribution in [0.15, 0.2) is 0 Å². The van der Waals surface area contributed by atoms with Crippen LogP contribution in [0.2, 0.25) is 0 Å². The Morgan fingerprint density at radius 3 is 2.52 bits per heavy atom. The van der Waals surface area contributed by atoms with Gasteiger partial charge in [-0.25, -0.2) is 0 Å². The molecule has 0 aromatic heterocycles. The number of carbonyl (C=O) groups is 3. The minimum absolute atomic E-state index is 0.0465. The maximum Gasteiger partial charge on any atom is 0.303 e. The van der Waals surface area contributed by atoms with Gasteiger partial charge in [-0.1, -0.05) is 25.7 Å². The normalized spacial score (nSPS) is 24.1. The van der Waals surface area contributed by atoms with Crippen molar-refractivity contribution >= 4 is 18.2 Å². The molecule has 0 saturated heterocycles. The Morgan fingerprint density at radius 2 is 1.87 bits per heavy atom.